The van der Waals surface area contributed by atoms with E-state index in [0.29, 0.717) is 16.8 Å². The van der Waals surface area contributed by atoms with Crippen molar-refractivity contribution < 1.29 is 9.59 Å². The number of carbonyl (C=O) groups is 2. The number of carbonyl (C=O) groups excluding carboxylic acids is 2. The topological polar surface area (TPSA) is 86.0 Å². The number of aromatic nitrogens is 2. The molecule has 3 rings (SSSR count). The fourth-order valence-corrected chi connectivity index (χ4v) is 2.27. The molecule has 2 N–H and O–H groups in total. The Bertz CT molecular complexity index is 693. The molecule has 2 amide bonds. The van der Waals surface area contributed by atoms with Gasteiger partial charge < -0.3 is 5.10 Å². The summed E-state index contributed by atoms with van der Waals surface area (Å²) in [5, 5.41) is 5.06. The zero-order valence-electron chi connectivity index (χ0n) is 10.1. The molecule has 0 aliphatic carbocycles. The van der Waals surface area contributed by atoms with Crippen LogP contribution in [0.25, 0.3) is 0 Å². The molecule has 1 aromatic carbocycles. The summed E-state index contributed by atoms with van der Waals surface area (Å²) in [6, 6.07) is 7.51. The van der Waals surface area contributed by atoms with Crippen LogP contribution in [0.4, 0.5) is 0 Å². The van der Waals surface area contributed by atoms with Gasteiger partial charge in [-0.25, -0.2) is 0 Å². The number of rotatable bonds is 2. The Morgan fingerprint density at radius 3 is 2.05 bits per heavy atom. The molecule has 1 aliphatic heterocycles. The first-order chi connectivity index (χ1) is 9.09. The van der Waals surface area contributed by atoms with E-state index < -0.39 is 6.04 Å². The van der Waals surface area contributed by atoms with Crippen LogP contribution in [0.1, 0.15) is 39.4 Å². The van der Waals surface area contributed by atoms with Gasteiger partial charge in [0, 0.05) is 6.07 Å². The van der Waals surface area contributed by atoms with Crippen LogP contribution in [-0.2, 0) is 0 Å². The van der Waals surface area contributed by atoms with E-state index in [9.17, 15) is 14.4 Å². The fraction of sp³-hybridized carbons (Fsp3) is 0.154. The van der Waals surface area contributed by atoms with E-state index in [1.165, 1.54) is 6.07 Å². The number of nitrogens with one attached hydrogen (secondary N) is 2. The van der Waals surface area contributed by atoms with Crippen molar-refractivity contribution in [2.45, 2.75) is 13.0 Å². The molecule has 6 heteroatoms. The number of hydrogen-bond donors (Lipinski definition) is 2. The van der Waals surface area contributed by atoms with Crippen molar-refractivity contribution in [1.82, 2.24) is 15.1 Å². The number of fused-ring (bicyclic) bond motifs is 1. The standard InChI is InChI=1S/C13H11N3O3/c1-7(10-6-11(17)15-14-10)16-12(18)8-4-2-3-5-9(8)13(16)19/h2-7H,1H3,(H2,14,15,17). The molecule has 0 spiro atoms. The Kier molecular flexibility index (Phi) is 2.38. The molecule has 1 aliphatic rings. The molecule has 2 aromatic rings. The second-order valence-corrected chi connectivity index (χ2v) is 4.42. The molecule has 0 saturated heterocycles. The molecule has 1 atom stereocenters. The maximum Gasteiger partial charge on any atom is 0.264 e. The average Bonchev–Trinajstić information content (AvgIpc) is 2.94. The number of amides is 2. The Hall–Kier alpha value is -2.63. The van der Waals surface area contributed by atoms with Gasteiger partial charge in [0.05, 0.1) is 22.9 Å². The number of nitrogens with zero attached hydrogens (tertiary/aromatic N) is 1. The normalized spacial score (nSPS) is 15.7. The van der Waals surface area contributed by atoms with Crippen molar-refractivity contribution in [3.8, 4) is 0 Å². The summed E-state index contributed by atoms with van der Waals surface area (Å²) < 4.78 is 0. The van der Waals surface area contributed by atoms with Crippen molar-refractivity contribution in [2.24, 2.45) is 0 Å². The lowest BCUT2D eigenvalue weighted by molar-refractivity contribution is 0.0592. The second-order valence-electron chi connectivity index (χ2n) is 4.42. The van der Waals surface area contributed by atoms with Gasteiger partial charge in [0.15, 0.2) is 0 Å². The van der Waals surface area contributed by atoms with Gasteiger partial charge in [0.25, 0.3) is 17.4 Å². The van der Waals surface area contributed by atoms with Gasteiger partial charge in [0.2, 0.25) is 0 Å². The van der Waals surface area contributed by atoms with Crippen molar-refractivity contribution in [2.75, 3.05) is 0 Å². The van der Waals surface area contributed by atoms with Crippen LogP contribution in [0.3, 0.4) is 0 Å². The Morgan fingerprint density at radius 1 is 1.00 bits per heavy atom. The SMILES string of the molecule is CC(c1cc(=O)[nH][nH]1)N1C(=O)c2ccccc2C1=O. The zero-order valence-corrected chi connectivity index (χ0v) is 10.1. The summed E-state index contributed by atoms with van der Waals surface area (Å²) >= 11 is 0. The lowest BCUT2D eigenvalue weighted by Crippen LogP contribution is -2.32. The van der Waals surface area contributed by atoms with Gasteiger partial charge >= 0.3 is 0 Å². The van der Waals surface area contributed by atoms with E-state index in [2.05, 4.69) is 10.2 Å². The van der Waals surface area contributed by atoms with Crippen molar-refractivity contribution in [3.05, 3.63) is 57.5 Å². The third kappa shape index (κ3) is 1.61. The van der Waals surface area contributed by atoms with E-state index in [1.54, 1.807) is 31.2 Å². The molecular weight excluding hydrogens is 246 g/mol. The highest BCUT2D eigenvalue weighted by Gasteiger charge is 2.39. The molecule has 1 aromatic heterocycles. The zero-order chi connectivity index (χ0) is 13.6. The third-order valence-electron chi connectivity index (χ3n) is 3.28. The lowest BCUT2D eigenvalue weighted by Gasteiger charge is -2.20. The van der Waals surface area contributed by atoms with Gasteiger partial charge in [0.1, 0.15) is 0 Å². The van der Waals surface area contributed by atoms with Gasteiger partial charge in [-0.2, -0.15) is 0 Å². The molecule has 0 bridgehead atoms. The Balaban J connectivity index is 2.02. The van der Waals surface area contributed by atoms with Gasteiger partial charge in [-0.1, -0.05) is 12.1 Å². The minimum Gasteiger partial charge on any atom is -0.300 e. The third-order valence-corrected chi connectivity index (χ3v) is 3.28. The van der Waals surface area contributed by atoms with Crippen molar-refractivity contribution in [1.29, 1.82) is 0 Å². The highest BCUT2D eigenvalue weighted by atomic mass is 16.2. The van der Waals surface area contributed by atoms with Crippen LogP contribution < -0.4 is 5.56 Å². The summed E-state index contributed by atoms with van der Waals surface area (Å²) in [6.45, 7) is 1.70. The van der Waals surface area contributed by atoms with Gasteiger partial charge in [-0.3, -0.25) is 24.4 Å². The summed E-state index contributed by atoms with van der Waals surface area (Å²) in [5.74, 6) is -0.676. The smallest absolute Gasteiger partial charge is 0.264 e. The number of imide groups is 1. The van der Waals surface area contributed by atoms with Gasteiger partial charge in [-0.05, 0) is 19.1 Å². The lowest BCUT2D eigenvalue weighted by atomic mass is 10.1. The first-order valence-electron chi connectivity index (χ1n) is 5.84. The van der Waals surface area contributed by atoms with E-state index in [-0.39, 0.29) is 17.4 Å². The van der Waals surface area contributed by atoms with E-state index in [4.69, 9.17) is 0 Å². The molecule has 96 valence electrons. The van der Waals surface area contributed by atoms with Crippen LogP contribution in [-0.4, -0.2) is 26.9 Å². The summed E-state index contributed by atoms with van der Waals surface area (Å²) in [4.78, 5) is 36.7. The maximum absolute atomic E-state index is 12.2. The average molecular weight is 257 g/mol. The minimum atomic E-state index is -0.522. The Morgan fingerprint density at radius 2 is 1.58 bits per heavy atom. The molecule has 0 saturated carbocycles. The highest BCUT2D eigenvalue weighted by Crippen LogP contribution is 2.29. The first kappa shape index (κ1) is 11.5. The van der Waals surface area contributed by atoms with Crippen LogP contribution in [0, 0.1) is 0 Å². The van der Waals surface area contributed by atoms with E-state index in [1.807, 2.05) is 0 Å². The molecular formula is C13H11N3O3. The molecule has 1 unspecified atom stereocenters. The second kappa shape index (κ2) is 3.94. The minimum absolute atomic E-state index is 0.293. The molecule has 2 heterocycles. The Labute approximate surface area is 108 Å². The summed E-state index contributed by atoms with van der Waals surface area (Å²) in [7, 11) is 0. The first-order valence-corrected chi connectivity index (χ1v) is 5.84. The molecule has 0 fully saturated rings. The number of hydrogen-bond acceptors (Lipinski definition) is 3. The fourth-order valence-electron chi connectivity index (χ4n) is 2.27. The quantitative estimate of drug-likeness (QED) is 0.789. The number of aromatic amines is 2. The van der Waals surface area contributed by atoms with E-state index in [0.717, 1.165) is 4.90 Å². The van der Waals surface area contributed by atoms with Crippen LogP contribution in [0.5, 0.6) is 0 Å². The van der Waals surface area contributed by atoms with Crippen LogP contribution in [0.15, 0.2) is 35.1 Å². The molecule has 19 heavy (non-hydrogen) atoms. The summed E-state index contributed by atoms with van der Waals surface area (Å²) in [6.07, 6.45) is 0. The number of benzene rings is 1. The number of H-pyrrole nitrogens is 2. The maximum atomic E-state index is 12.2. The molecule has 6 nitrogen and oxygen atoms in total. The van der Waals surface area contributed by atoms with Gasteiger partial charge in [-0.15, -0.1) is 0 Å². The predicted molar refractivity (Wildman–Crippen MR) is 66.8 cm³/mol. The van der Waals surface area contributed by atoms with E-state index >= 15 is 0 Å². The largest absolute Gasteiger partial charge is 0.300 e. The molecule has 0 radical (unpaired) electrons. The van der Waals surface area contributed by atoms with Crippen molar-refractivity contribution >= 4 is 11.8 Å². The van der Waals surface area contributed by atoms with Crippen LogP contribution in [0.2, 0.25) is 0 Å². The van der Waals surface area contributed by atoms with Crippen molar-refractivity contribution in [3.63, 3.8) is 0 Å². The monoisotopic (exact) mass is 257 g/mol. The van der Waals surface area contributed by atoms with Crippen LogP contribution >= 0.6 is 0 Å². The predicted octanol–water partition coefficient (Wildman–Crippen LogP) is 1.06. The highest BCUT2D eigenvalue weighted by molar-refractivity contribution is 6.21. The summed E-state index contributed by atoms with van der Waals surface area (Å²) in [5.41, 5.74) is 1.01.